The topological polar surface area (TPSA) is 90.2 Å². The Morgan fingerprint density at radius 3 is 2.50 bits per heavy atom. The smallest absolute Gasteiger partial charge is 0.411 e. The zero-order valence-corrected chi connectivity index (χ0v) is 20.6. The van der Waals surface area contributed by atoms with Gasteiger partial charge in [0.15, 0.2) is 12.0 Å². The Balaban J connectivity index is 0.00000289. The molecule has 1 aromatic heterocycles. The van der Waals surface area contributed by atoms with Crippen LogP contribution < -0.4 is 40.8 Å². The van der Waals surface area contributed by atoms with Crippen LogP contribution in [0.2, 0.25) is 0 Å². The predicted octanol–water partition coefficient (Wildman–Crippen LogP) is -1.54. The van der Waals surface area contributed by atoms with Crippen LogP contribution in [0.4, 0.5) is 0 Å². The van der Waals surface area contributed by atoms with E-state index in [0.29, 0.717) is 0 Å². The van der Waals surface area contributed by atoms with E-state index >= 15 is 0 Å². The Kier molecular flexibility index (Phi) is 8.51. The van der Waals surface area contributed by atoms with Crippen molar-refractivity contribution in [3.05, 3.63) is 75.9 Å². The first-order valence-electron chi connectivity index (χ1n) is 10.2. The average molecular weight is 454 g/mol. The van der Waals surface area contributed by atoms with Gasteiger partial charge in [0.2, 0.25) is 0 Å². The van der Waals surface area contributed by atoms with Gasteiger partial charge in [-0.05, 0) is 19.4 Å². The Morgan fingerprint density at radius 1 is 1.06 bits per heavy atom. The molecule has 2 saturated heterocycles. The van der Waals surface area contributed by atoms with Crippen molar-refractivity contribution in [2.24, 2.45) is 0 Å². The molecule has 0 bridgehead atoms. The number of rotatable bonds is 8. The van der Waals surface area contributed by atoms with Crippen molar-refractivity contribution in [1.82, 2.24) is 9.13 Å². The van der Waals surface area contributed by atoms with E-state index < -0.39 is 41.6 Å². The number of fused-ring (bicyclic) bond motifs is 1. The maximum Gasteiger partial charge on any atom is 1.00 e. The average Bonchev–Trinajstić information content (AvgIpc) is 3.23. The summed E-state index contributed by atoms with van der Waals surface area (Å²) in [6.07, 6.45) is -0.714. The fourth-order valence-electron chi connectivity index (χ4n) is 3.89. The number of benzene rings is 1. The van der Waals surface area contributed by atoms with Crippen molar-refractivity contribution < 1.29 is 53.2 Å². The molecule has 1 aromatic carbocycles. The van der Waals surface area contributed by atoms with E-state index in [1.165, 1.54) is 16.8 Å². The molecular weight excluding hydrogens is 427 g/mol. The second-order valence-corrected chi connectivity index (χ2v) is 7.94. The summed E-state index contributed by atoms with van der Waals surface area (Å²) in [6, 6.07) is 10.8. The summed E-state index contributed by atoms with van der Waals surface area (Å²) < 4.78 is 31.5. The number of hydrogen-bond donors (Lipinski definition) is 0. The van der Waals surface area contributed by atoms with Gasteiger partial charge in [-0.15, -0.1) is 0 Å². The monoisotopic (exact) mass is 454 g/mol. The minimum Gasteiger partial charge on any atom is -0.411 e. The molecule has 1 unspecified atom stereocenters. The molecule has 0 spiro atoms. The van der Waals surface area contributed by atoms with Crippen molar-refractivity contribution in [1.29, 1.82) is 0 Å². The molecule has 0 radical (unpaired) electrons. The second-order valence-electron chi connectivity index (χ2n) is 7.94. The third kappa shape index (κ3) is 5.43. The van der Waals surface area contributed by atoms with Gasteiger partial charge in [0.1, 0.15) is 25.0 Å². The largest absolute Gasteiger partial charge is 1.00 e. The van der Waals surface area contributed by atoms with Crippen LogP contribution >= 0.6 is 0 Å². The zero-order chi connectivity index (χ0) is 22.0. The van der Waals surface area contributed by atoms with Crippen LogP contribution in [0.5, 0.6) is 0 Å². The van der Waals surface area contributed by atoms with Gasteiger partial charge in [0, 0.05) is 12.3 Å². The number of nitrogens with zero attached hydrogens (tertiary/aromatic N) is 2. The molecule has 2 aromatic rings. The van der Waals surface area contributed by atoms with E-state index in [-0.39, 0.29) is 56.1 Å². The van der Waals surface area contributed by atoms with Crippen LogP contribution in [0.15, 0.2) is 52.2 Å². The maximum absolute atomic E-state index is 13.1. The predicted molar refractivity (Wildman–Crippen MR) is 110 cm³/mol. The van der Waals surface area contributed by atoms with Crippen LogP contribution in [0, 0.1) is 6.92 Å². The van der Waals surface area contributed by atoms with Gasteiger partial charge >= 0.3 is 35.2 Å². The summed E-state index contributed by atoms with van der Waals surface area (Å²) in [6.45, 7) is 7.93. The molecule has 0 N–H and O–H groups in total. The third-order valence-electron chi connectivity index (χ3n) is 5.25. The van der Waals surface area contributed by atoms with Crippen LogP contribution in [0.3, 0.4) is 0 Å². The molecule has 2 aliphatic heterocycles. The molecular formula is C22H27N2NaO7. The minimum atomic E-state index is -0.822. The van der Waals surface area contributed by atoms with Crippen LogP contribution in [0.1, 0.15) is 25.6 Å². The van der Waals surface area contributed by atoms with Gasteiger partial charge in [0.25, 0.3) is 5.56 Å². The summed E-state index contributed by atoms with van der Waals surface area (Å²) in [5, 5.41) is 0. The Labute approximate surface area is 208 Å². The molecule has 168 valence electrons. The first kappa shape index (κ1) is 25.3. The molecule has 2 aliphatic rings. The van der Waals surface area contributed by atoms with Gasteiger partial charge in [-0.1, -0.05) is 36.9 Å². The van der Waals surface area contributed by atoms with E-state index in [9.17, 15) is 9.59 Å². The summed E-state index contributed by atoms with van der Waals surface area (Å²) in [4.78, 5) is 25.5. The molecule has 9 nitrogen and oxygen atoms in total. The molecule has 3 heterocycles. The molecule has 0 amide bonds. The van der Waals surface area contributed by atoms with Crippen molar-refractivity contribution in [2.45, 2.75) is 57.5 Å². The van der Waals surface area contributed by atoms with E-state index in [0.717, 1.165) is 10.1 Å². The van der Waals surface area contributed by atoms with Crippen molar-refractivity contribution >= 4 is 0 Å². The summed E-state index contributed by atoms with van der Waals surface area (Å²) in [5.74, 6) is -0.822. The Hall–Kier alpha value is -1.30. The van der Waals surface area contributed by atoms with Crippen LogP contribution in [0.25, 0.3) is 0 Å². The molecule has 32 heavy (non-hydrogen) atoms. The van der Waals surface area contributed by atoms with Gasteiger partial charge in [-0.2, -0.15) is 0 Å². The van der Waals surface area contributed by atoms with E-state index in [2.05, 4.69) is 6.92 Å². The van der Waals surface area contributed by atoms with Gasteiger partial charge in [-0.3, -0.25) is 9.36 Å². The molecule has 4 rings (SSSR count). The normalized spacial score (nSPS) is 26.0. The fourth-order valence-corrected chi connectivity index (χ4v) is 3.89. The maximum atomic E-state index is 13.1. The standard InChI is InChI=1S/C22H27N2O7.Na/c1-4-27-13-16-18-19(31-22(2,3)30-18)20(29-16)23-11-10-17(25)24(21(23)26)14-28-12-15-8-6-5-7-9-15;/h5-11,16,18-20H,1,4,12-14H2,2-3H3;/q-1;+1/t16-,18?,19+,20-;/m1./s1. The van der Waals surface area contributed by atoms with Crippen LogP contribution in [-0.2, 0) is 37.0 Å². The quantitative estimate of drug-likeness (QED) is 0.353. The van der Waals surface area contributed by atoms with Crippen LogP contribution in [-0.4, -0.2) is 46.4 Å². The van der Waals surface area contributed by atoms with Gasteiger partial charge < -0.3 is 30.6 Å². The van der Waals surface area contributed by atoms with E-state index in [1.54, 1.807) is 0 Å². The van der Waals surface area contributed by atoms with Crippen molar-refractivity contribution in [3.63, 3.8) is 0 Å². The minimum absolute atomic E-state index is 0. The number of ether oxygens (including phenoxy) is 5. The first-order valence-corrected chi connectivity index (χ1v) is 10.2. The Morgan fingerprint density at radius 2 is 1.78 bits per heavy atom. The summed E-state index contributed by atoms with van der Waals surface area (Å²) in [5.41, 5.74) is -0.0539. The summed E-state index contributed by atoms with van der Waals surface area (Å²) >= 11 is 0. The van der Waals surface area contributed by atoms with Gasteiger partial charge in [-0.25, -0.2) is 9.36 Å². The van der Waals surface area contributed by atoms with E-state index in [4.69, 9.17) is 23.7 Å². The molecule has 2 fully saturated rings. The third-order valence-corrected chi connectivity index (χ3v) is 5.25. The molecule has 0 saturated carbocycles. The Bertz CT molecular complexity index is 1010. The number of hydrogen-bond acceptors (Lipinski definition) is 7. The fraction of sp³-hybridized carbons (Fsp3) is 0.500. The van der Waals surface area contributed by atoms with Crippen molar-refractivity contribution in [2.75, 3.05) is 13.2 Å². The molecule has 0 aliphatic carbocycles. The van der Waals surface area contributed by atoms with Crippen molar-refractivity contribution in [3.8, 4) is 0 Å². The SMILES string of the molecule is [CH2-]COC[C@H]1O[C@@H](n2ccc(=O)n(COCc3ccccc3)c2=O)[C@H]2OC(C)(C)OC12.[Na+]. The molecule has 4 atom stereocenters. The summed E-state index contributed by atoms with van der Waals surface area (Å²) in [7, 11) is 0. The zero-order valence-electron chi connectivity index (χ0n) is 18.6. The second kappa shape index (κ2) is 10.8. The molecule has 10 heteroatoms. The first-order chi connectivity index (χ1) is 14.9. The number of aromatic nitrogens is 2. The van der Waals surface area contributed by atoms with Gasteiger partial charge in [0.05, 0.1) is 13.2 Å². The van der Waals surface area contributed by atoms with E-state index in [1.807, 2.05) is 44.2 Å².